The molecule has 0 amide bonds. The van der Waals surface area contributed by atoms with E-state index >= 15 is 0 Å². The van der Waals surface area contributed by atoms with Gasteiger partial charge in [0.05, 0.1) is 16.9 Å². The molecule has 0 aliphatic heterocycles. The molecular formula is C16H11Cl2N5. The maximum Gasteiger partial charge on any atom is 0.220 e. The number of halogens is 2. The summed E-state index contributed by atoms with van der Waals surface area (Å²) in [6, 6.07) is 14.5. The zero-order chi connectivity index (χ0) is 16.2. The Labute approximate surface area is 142 Å². The molecule has 0 fully saturated rings. The number of rotatable bonds is 3. The minimum Gasteiger partial charge on any atom is -0.368 e. The average molecular weight is 344 g/mol. The molecule has 1 heterocycles. The van der Waals surface area contributed by atoms with E-state index in [1.54, 1.807) is 18.2 Å². The first-order valence-corrected chi connectivity index (χ1v) is 7.44. The van der Waals surface area contributed by atoms with Gasteiger partial charge < -0.3 is 5.73 Å². The standard InChI is InChI=1S/C16H11Cl2N5/c17-10-6-7-12(13(18)8-10)15-14(9-20-16(19)21-15)23-22-11-4-2-1-3-5-11/h1-9H,(H2,19,20,21)/b23-22+. The van der Waals surface area contributed by atoms with Crippen molar-refractivity contribution >= 4 is 40.5 Å². The van der Waals surface area contributed by atoms with Gasteiger partial charge >= 0.3 is 0 Å². The van der Waals surface area contributed by atoms with Gasteiger partial charge in [-0.05, 0) is 30.3 Å². The van der Waals surface area contributed by atoms with Gasteiger partial charge in [0, 0.05) is 10.6 Å². The molecule has 0 saturated heterocycles. The molecule has 0 saturated carbocycles. The largest absolute Gasteiger partial charge is 0.368 e. The van der Waals surface area contributed by atoms with Gasteiger partial charge in [-0.1, -0.05) is 41.4 Å². The second kappa shape index (κ2) is 6.73. The molecule has 0 unspecified atom stereocenters. The van der Waals surface area contributed by atoms with Gasteiger partial charge in [-0.3, -0.25) is 0 Å². The summed E-state index contributed by atoms with van der Waals surface area (Å²) in [4.78, 5) is 8.20. The molecule has 0 atom stereocenters. The number of nitrogens with zero attached hydrogens (tertiary/aromatic N) is 4. The van der Waals surface area contributed by atoms with Gasteiger partial charge in [0.2, 0.25) is 5.95 Å². The molecule has 7 heteroatoms. The monoisotopic (exact) mass is 343 g/mol. The van der Waals surface area contributed by atoms with Crippen molar-refractivity contribution in [3.8, 4) is 11.3 Å². The molecule has 1 aromatic heterocycles. The Kier molecular flexibility index (Phi) is 4.50. The molecule has 3 rings (SSSR count). The minimum atomic E-state index is 0.129. The lowest BCUT2D eigenvalue weighted by atomic mass is 10.1. The van der Waals surface area contributed by atoms with E-state index in [-0.39, 0.29) is 5.95 Å². The summed E-state index contributed by atoms with van der Waals surface area (Å²) in [5.41, 5.74) is 8.03. The third-order valence-corrected chi connectivity index (χ3v) is 3.55. The van der Waals surface area contributed by atoms with Crippen molar-refractivity contribution in [2.75, 3.05) is 5.73 Å². The number of nitrogens with two attached hydrogens (primary N) is 1. The Balaban J connectivity index is 2.06. The number of azo groups is 1. The molecule has 114 valence electrons. The molecule has 0 spiro atoms. The van der Waals surface area contributed by atoms with E-state index in [1.807, 2.05) is 30.3 Å². The van der Waals surface area contributed by atoms with Gasteiger partial charge in [-0.15, -0.1) is 5.11 Å². The normalized spacial score (nSPS) is 11.0. The SMILES string of the molecule is Nc1ncc(/N=N/c2ccccc2)c(-c2ccc(Cl)cc2Cl)n1. The number of nitrogen functional groups attached to an aromatic ring is 1. The fourth-order valence-corrected chi connectivity index (χ4v) is 2.45. The quantitative estimate of drug-likeness (QED) is 0.642. The van der Waals surface area contributed by atoms with Crippen LogP contribution in [0.15, 0.2) is 65.0 Å². The number of aromatic nitrogens is 2. The molecule has 2 N–H and O–H groups in total. The van der Waals surface area contributed by atoms with Crippen LogP contribution in [0.3, 0.4) is 0 Å². The molecule has 0 aliphatic rings. The van der Waals surface area contributed by atoms with Crippen LogP contribution >= 0.6 is 23.2 Å². The van der Waals surface area contributed by atoms with Gasteiger partial charge in [0.1, 0.15) is 11.4 Å². The predicted octanol–water partition coefficient (Wildman–Crippen LogP) is 5.45. The first-order chi connectivity index (χ1) is 11.1. The van der Waals surface area contributed by atoms with Crippen LogP contribution < -0.4 is 5.73 Å². The van der Waals surface area contributed by atoms with Crippen molar-refractivity contribution in [3.05, 3.63) is 64.8 Å². The molecular weight excluding hydrogens is 333 g/mol. The van der Waals surface area contributed by atoms with Crippen molar-refractivity contribution in [1.82, 2.24) is 9.97 Å². The average Bonchev–Trinajstić information content (AvgIpc) is 2.55. The van der Waals surface area contributed by atoms with Gasteiger partial charge in [0.25, 0.3) is 0 Å². The fraction of sp³-hybridized carbons (Fsp3) is 0. The van der Waals surface area contributed by atoms with Crippen LogP contribution in [-0.4, -0.2) is 9.97 Å². The molecule has 5 nitrogen and oxygen atoms in total. The Hall–Kier alpha value is -2.50. The summed E-state index contributed by atoms with van der Waals surface area (Å²) in [6.07, 6.45) is 1.51. The summed E-state index contributed by atoms with van der Waals surface area (Å²) >= 11 is 12.2. The lowest BCUT2D eigenvalue weighted by Gasteiger charge is -2.07. The van der Waals surface area contributed by atoms with Crippen LogP contribution in [0.2, 0.25) is 10.0 Å². The maximum absolute atomic E-state index is 6.25. The highest BCUT2D eigenvalue weighted by Crippen LogP contribution is 2.35. The van der Waals surface area contributed by atoms with E-state index in [0.717, 1.165) is 5.69 Å². The van der Waals surface area contributed by atoms with Crippen LogP contribution in [-0.2, 0) is 0 Å². The van der Waals surface area contributed by atoms with Crippen molar-refractivity contribution in [1.29, 1.82) is 0 Å². The van der Waals surface area contributed by atoms with E-state index in [4.69, 9.17) is 28.9 Å². The third kappa shape index (κ3) is 3.64. The van der Waals surface area contributed by atoms with Crippen molar-refractivity contribution in [2.24, 2.45) is 10.2 Å². The van der Waals surface area contributed by atoms with Crippen LogP contribution in [0, 0.1) is 0 Å². The topological polar surface area (TPSA) is 76.5 Å². The molecule has 2 aromatic carbocycles. The maximum atomic E-state index is 6.25. The summed E-state index contributed by atoms with van der Waals surface area (Å²) in [7, 11) is 0. The highest BCUT2D eigenvalue weighted by atomic mass is 35.5. The van der Waals surface area contributed by atoms with E-state index in [1.165, 1.54) is 6.20 Å². The Bertz CT molecular complexity index is 866. The van der Waals surface area contributed by atoms with Crippen molar-refractivity contribution in [3.63, 3.8) is 0 Å². The summed E-state index contributed by atoms with van der Waals surface area (Å²) in [6.45, 7) is 0. The fourth-order valence-electron chi connectivity index (χ4n) is 1.95. The Morgan fingerprint density at radius 1 is 0.957 bits per heavy atom. The Morgan fingerprint density at radius 3 is 2.48 bits per heavy atom. The number of anilines is 1. The highest BCUT2D eigenvalue weighted by molar-refractivity contribution is 6.36. The van der Waals surface area contributed by atoms with Crippen LogP contribution in [0.1, 0.15) is 0 Å². The molecule has 0 bridgehead atoms. The van der Waals surface area contributed by atoms with E-state index in [0.29, 0.717) is 27.0 Å². The summed E-state index contributed by atoms with van der Waals surface area (Å²) in [5.74, 6) is 0.129. The second-order valence-electron chi connectivity index (χ2n) is 4.62. The molecule has 0 aliphatic carbocycles. The smallest absolute Gasteiger partial charge is 0.220 e. The van der Waals surface area contributed by atoms with Crippen molar-refractivity contribution in [2.45, 2.75) is 0 Å². The number of hydrogen-bond donors (Lipinski definition) is 1. The summed E-state index contributed by atoms with van der Waals surface area (Å²) in [5, 5.41) is 9.37. The second-order valence-corrected chi connectivity index (χ2v) is 5.47. The van der Waals surface area contributed by atoms with Crippen LogP contribution in [0.4, 0.5) is 17.3 Å². The minimum absolute atomic E-state index is 0.129. The molecule has 23 heavy (non-hydrogen) atoms. The van der Waals surface area contributed by atoms with Gasteiger partial charge in [-0.25, -0.2) is 9.97 Å². The lowest BCUT2D eigenvalue weighted by molar-refractivity contribution is 1.14. The van der Waals surface area contributed by atoms with Crippen molar-refractivity contribution < 1.29 is 0 Å². The predicted molar refractivity (Wildman–Crippen MR) is 92.5 cm³/mol. The molecule has 0 radical (unpaired) electrons. The summed E-state index contributed by atoms with van der Waals surface area (Å²) < 4.78 is 0. The van der Waals surface area contributed by atoms with Crippen LogP contribution in [0.5, 0.6) is 0 Å². The first kappa shape index (κ1) is 15.4. The number of hydrogen-bond acceptors (Lipinski definition) is 5. The third-order valence-electron chi connectivity index (χ3n) is 3.00. The first-order valence-electron chi connectivity index (χ1n) is 6.68. The Morgan fingerprint density at radius 2 is 1.74 bits per heavy atom. The van der Waals surface area contributed by atoms with Gasteiger partial charge in [-0.2, -0.15) is 5.11 Å². The van der Waals surface area contributed by atoms with Crippen LogP contribution in [0.25, 0.3) is 11.3 Å². The zero-order valence-electron chi connectivity index (χ0n) is 11.8. The lowest BCUT2D eigenvalue weighted by Crippen LogP contribution is -1.96. The van der Waals surface area contributed by atoms with Gasteiger partial charge in [0.15, 0.2) is 0 Å². The number of benzene rings is 2. The van der Waals surface area contributed by atoms with E-state index in [2.05, 4.69) is 20.2 Å². The van der Waals surface area contributed by atoms with E-state index < -0.39 is 0 Å². The zero-order valence-corrected chi connectivity index (χ0v) is 13.3. The molecule has 3 aromatic rings. The highest BCUT2D eigenvalue weighted by Gasteiger charge is 2.12. The van der Waals surface area contributed by atoms with E-state index in [9.17, 15) is 0 Å².